The lowest BCUT2D eigenvalue weighted by Crippen LogP contribution is -2.28. The molecule has 1 unspecified atom stereocenters. The third-order valence-electron chi connectivity index (χ3n) is 6.88. The van der Waals surface area contributed by atoms with Crippen LogP contribution in [0.5, 0.6) is 11.5 Å². The molecule has 176 valence electrons. The molecule has 1 saturated carbocycles. The van der Waals surface area contributed by atoms with Crippen molar-refractivity contribution < 1.29 is 19.4 Å². The second kappa shape index (κ2) is 8.53. The van der Waals surface area contributed by atoms with E-state index in [2.05, 4.69) is 15.2 Å². The van der Waals surface area contributed by atoms with Crippen LogP contribution in [0.2, 0.25) is 5.02 Å². The van der Waals surface area contributed by atoms with Gasteiger partial charge in [-0.05, 0) is 48.6 Å². The molecular weight excluding hydrogens is 474 g/mol. The second-order valence-corrected chi connectivity index (χ2v) is 10.5. The highest BCUT2D eigenvalue weighted by atomic mass is 35.5. The molecule has 3 heterocycles. The van der Waals surface area contributed by atoms with Crippen molar-refractivity contribution in [2.75, 3.05) is 25.2 Å². The topological polar surface area (TPSA) is 83.9 Å². The Morgan fingerprint density at radius 2 is 2.06 bits per heavy atom. The Morgan fingerprint density at radius 3 is 2.82 bits per heavy atom. The molecule has 2 aliphatic heterocycles. The first-order valence-corrected chi connectivity index (χ1v) is 12.6. The van der Waals surface area contributed by atoms with Crippen LogP contribution in [0.25, 0.3) is 0 Å². The van der Waals surface area contributed by atoms with Crippen LogP contribution in [0.15, 0.2) is 48.7 Å². The summed E-state index contributed by atoms with van der Waals surface area (Å²) < 4.78 is 10.9. The second-order valence-electron chi connectivity index (χ2n) is 9.03. The maximum absolute atomic E-state index is 13.3. The van der Waals surface area contributed by atoms with E-state index in [1.54, 1.807) is 6.20 Å². The van der Waals surface area contributed by atoms with E-state index in [1.165, 1.54) is 11.3 Å². The monoisotopic (exact) mass is 497 g/mol. The maximum Gasteiger partial charge on any atom is 0.236 e. The van der Waals surface area contributed by atoms with Gasteiger partial charge in [0.1, 0.15) is 0 Å². The lowest BCUT2D eigenvalue weighted by atomic mass is 9.94. The third-order valence-corrected chi connectivity index (χ3v) is 8.19. The van der Waals surface area contributed by atoms with Crippen LogP contribution in [0.1, 0.15) is 41.3 Å². The van der Waals surface area contributed by atoms with E-state index in [0.717, 1.165) is 41.8 Å². The number of nitrogens with zero attached hydrogens (tertiary/aromatic N) is 2. The molecule has 2 atom stereocenters. The van der Waals surface area contributed by atoms with E-state index in [1.807, 2.05) is 42.5 Å². The number of carbonyl (C=O) groups excluding carboxylic acids is 1. The number of β-amino-alcohol motifs (C(OH)–C–C–N with tert-alkyl or cyclic N) is 1. The highest BCUT2D eigenvalue weighted by Gasteiger charge is 2.52. The Labute approximate surface area is 206 Å². The van der Waals surface area contributed by atoms with Crippen molar-refractivity contribution in [3.8, 4) is 11.5 Å². The van der Waals surface area contributed by atoms with Crippen LogP contribution in [-0.4, -0.2) is 46.9 Å². The SMILES string of the molecule is O=C(Nc1ncc([C@@H](c2ccccc2Cl)N2CCC(O)C2)s1)C1(c2ccc3c(c2)OCO3)CC1. The molecule has 2 N–H and O–H groups in total. The molecule has 34 heavy (non-hydrogen) atoms. The summed E-state index contributed by atoms with van der Waals surface area (Å²) in [6.07, 6.45) is 3.74. The predicted octanol–water partition coefficient (Wildman–Crippen LogP) is 4.35. The van der Waals surface area contributed by atoms with Gasteiger partial charge in [0, 0.05) is 29.2 Å². The van der Waals surface area contributed by atoms with E-state index in [9.17, 15) is 9.90 Å². The number of nitrogens with one attached hydrogen (secondary N) is 1. The van der Waals surface area contributed by atoms with Crippen molar-refractivity contribution in [2.45, 2.75) is 36.8 Å². The zero-order valence-corrected chi connectivity index (χ0v) is 19.9. The first-order chi connectivity index (χ1) is 16.5. The molecule has 7 nitrogen and oxygen atoms in total. The molecule has 2 aromatic carbocycles. The molecule has 1 aromatic heterocycles. The zero-order valence-electron chi connectivity index (χ0n) is 18.4. The first kappa shape index (κ1) is 21.9. The fraction of sp³-hybridized carbons (Fsp3) is 0.360. The normalized spacial score (nSPS) is 21.4. The summed E-state index contributed by atoms with van der Waals surface area (Å²) >= 11 is 8.01. The first-order valence-electron chi connectivity index (χ1n) is 11.4. The van der Waals surface area contributed by atoms with Gasteiger partial charge < -0.3 is 19.9 Å². The fourth-order valence-electron chi connectivity index (χ4n) is 4.88. The summed E-state index contributed by atoms with van der Waals surface area (Å²) in [5.74, 6) is 1.34. The number of fused-ring (bicyclic) bond motifs is 1. The lowest BCUT2D eigenvalue weighted by Gasteiger charge is -2.27. The Morgan fingerprint density at radius 1 is 1.24 bits per heavy atom. The van der Waals surface area contributed by atoms with Crippen LogP contribution in [0.4, 0.5) is 5.13 Å². The number of anilines is 1. The summed E-state index contributed by atoms with van der Waals surface area (Å²) in [6, 6.07) is 13.4. The van der Waals surface area contributed by atoms with Crippen LogP contribution < -0.4 is 14.8 Å². The smallest absolute Gasteiger partial charge is 0.236 e. The average Bonchev–Trinajstić information content (AvgIpc) is 3.13. The third kappa shape index (κ3) is 3.84. The number of rotatable bonds is 6. The number of aromatic nitrogens is 1. The van der Waals surface area contributed by atoms with E-state index in [4.69, 9.17) is 21.1 Å². The number of amides is 1. The summed E-state index contributed by atoms with van der Waals surface area (Å²) in [4.78, 5) is 21.0. The number of carbonyl (C=O) groups is 1. The fourth-order valence-corrected chi connectivity index (χ4v) is 6.09. The van der Waals surface area contributed by atoms with Gasteiger partial charge in [-0.1, -0.05) is 47.2 Å². The Hall–Kier alpha value is -2.65. The number of likely N-dealkylation sites (tertiary alicyclic amines) is 1. The number of aliphatic hydroxyl groups excluding tert-OH is 1. The predicted molar refractivity (Wildman–Crippen MR) is 130 cm³/mol. The van der Waals surface area contributed by atoms with Gasteiger partial charge in [0.2, 0.25) is 12.7 Å². The number of thiazole rings is 1. The Kier molecular flexibility index (Phi) is 5.49. The zero-order chi connectivity index (χ0) is 23.3. The number of hydrogen-bond acceptors (Lipinski definition) is 7. The van der Waals surface area contributed by atoms with Crippen molar-refractivity contribution >= 4 is 34.0 Å². The molecular formula is C25H24ClN3O4S. The summed E-state index contributed by atoms with van der Waals surface area (Å²) in [5.41, 5.74) is 1.35. The molecule has 1 aliphatic carbocycles. The van der Waals surface area contributed by atoms with Crippen LogP contribution >= 0.6 is 22.9 Å². The minimum atomic E-state index is -0.561. The van der Waals surface area contributed by atoms with Crippen molar-refractivity contribution in [1.82, 2.24) is 9.88 Å². The molecule has 6 rings (SSSR count). The van der Waals surface area contributed by atoms with Crippen molar-refractivity contribution in [3.05, 3.63) is 69.7 Å². The number of hydrogen-bond donors (Lipinski definition) is 2. The largest absolute Gasteiger partial charge is 0.454 e. The number of aliphatic hydroxyl groups is 1. The highest BCUT2D eigenvalue weighted by molar-refractivity contribution is 7.15. The van der Waals surface area contributed by atoms with Gasteiger partial charge in [-0.15, -0.1) is 0 Å². The van der Waals surface area contributed by atoms with Gasteiger partial charge >= 0.3 is 0 Å². The number of halogens is 1. The standard InChI is InChI=1S/C25H24ClN3O4S/c26-18-4-2-1-3-17(18)22(29-10-7-16(30)13-29)21-12-27-24(34-21)28-23(31)25(8-9-25)15-5-6-19-20(11-15)33-14-32-19/h1-6,11-12,16,22,30H,7-10,13-14H2,(H,27,28,31)/t16?,22-/m1/s1. The minimum Gasteiger partial charge on any atom is -0.454 e. The molecule has 9 heteroatoms. The van der Waals surface area contributed by atoms with Gasteiger partial charge in [-0.25, -0.2) is 4.98 Å². The highest BCUT2D eigenvalue weighted by Crippen LogP contribution is 2.51. The van der Waals surface area contributed by atoms with Gasteiger partial charge in [-0.3, -0.25) is 9.69 Å². The molecule has 0 spiro atoms. The van der Waals surface area contributed by atoms with E-state index in [-0.39, 0.29) is 24.8 Å². The molecule has 0 radical (unpaired) electrons. The summed E-state index contributed by atoms with van der Waals surface area (Å²) in [6.45, 7) is 1.55. The quantitative estimate of drug-likeness (QED) is 0.526. The van der Waals surface area contributed by atoms with Crippen LogP contribution in [0.3, 0.4) is 0 Å². The van der Waals surface area contributed by atoms with Crippen molar-refractivity contribution in [2.24, 2.45) is 0 Å². The summed E-state index contributed by atoms with van der Waals surface area (Å²) in [5, 5.41) is 14.4. The van der Waals surface area contributed by atoms with Crippen LogP contribution in [-0.2, 0) is 10.2 Å². The Bertz CT molecular complexity index is 1240. The molecule has 3 aliphatic rings. The minimum absolute atomic E-state index is 0.0573. The average molecular weight is 498 g/mol. The lowest BCUT2D eigenvalue weighted by molar-refractivity contribution is -0.118. The van der Waals surface area contributed by atoms with Crippen LogP contribution in [0, 0.1) is 0 Å². The molecule has 1 amide bonds. The van der Waals surface area contributed by atoms with E-state index >= 15 is 0 Å². The molecule has 3 aromatic rings. The van der Waals surface area contributed by atoms with Gasteiger partial charge in [-0.2, -0.15) is 0 Å². The molecule has 2 fully saturated rings. The van der Waals surface area contributed by atoms with Gasteiger partial charge in [0.15, 0.2) is 16.6 Å². The van der Waals surface area contributed by atoms with Gasteiger partial charge in [0.05, 0.1) is 17.6 Å². The molecule has 1 saturated heterocycles. The van der Waals surface area contributed by atoms with Gasteiger partial charge in [0.25, 0.3) is 0 Å². The summed E-state index contributed by atoms with van der Waals surface area (Å²) in [7, 11) is 0. The van der Waals surface area contributed by atoms with E-state index in [0.29, 0.717) is 28.2 Å². The van der Waals surface area contributed by atoms with Crippen molar-refractivity contribution in [3.63, 3.8) is 0 Å². The van der Waals surface area contributed by atoms with E-state index < -0.39 is 5.41 Å². The number of ether oxygens (including phenoxy) is 2. The van der Waals surface area contributed by atoms with Crippen molar-refractivity contribution in [1.29, 1.82) is 0 Å². The Balaban J connectivity index is 1.25. The molecule has 0 bridgehead atoms. The number of benzene rings is 2. The maximum atomic E-state index is 13.3.